The van der Waals surface area contributed by atoms with Crippen LogP contribution in [0, 0.1) is 20.8 Å². The summed E-state index contributed by atoms with van der Waals surface area (Å²) in [6.07, 6.45) is 0. The first-order valence-corrected chi connectivity index (χ1v) is 7.51. The molecule has 6 heteroatoms. The van der Waals surface area contributed by atoms with Crippen molar-refractivity contribution in [3.63, 3.8) is 0 Å². The minimum Gasteiger partial charge on any atom is -0.352 e. The molecule has 2 N–H and O–H groups in total. The lowest BCUT2D eigenvalue weighted by Crippen LogP contribution is -2.36. The number of aryl methyl sites for hydroxylation is 3. The van der Waals surface area contributed by atoms with Crippen LogP contribution in [0.4, 0.5) is 0 Å². The van der Waals surface area contributed by atoms with Crippen molar-refractivity contribution >= 4 is 29.9 Å². The van der Waals surface area contributed by atoms with Gasteiger partial charge in [-0.2, -0.15) is 5.10 Å². The fourth-order valence-corrected chi connectivity index (χ4v) is 2.45. The number of rotatable bonds is 4. The quantitative estimate of drug-likeness (QED) is 0.448. The fourth-order valence-electron chi connectivity index (χ4n) is 2.45. The number of aliphatic imine (C=N–C) groups is 1. The van der Waals surface area contributed by atoms with Crippen LogP contribution in [0.2, 0.25) is 0 Å². The predicted molar refractivity (Wildman–Crippen MR) is 106 cm³/mol. The van der Waals surface area contributed by atoms with Gasteiger partial charge in [0.05, 0.1) is 5.69 Å². The van der Waals surface area contributed by atoms with Gasteiger partial charge >= 0.3 is 0 Å². The molecule has 0 bridgehead atoms. The molecule has 0 radical (unpaired) electrons. The van der Waals surface area contributed by atoms with E-state index in [2.05, 4.69) is 58.8 Å². The van der Waals surface area contributed by atoms with Crippen LogP contribution in [0.15, 0.2) is 29.3 Å². The van der Waals surface area contributed by atoms with Gasteiger partial charge in [-0.1, -0.05) is 24.3 Å². The van der Waals surface area contributed by atoms with Crippen molar-refractivity contribution < 1.29 is 0 Å². The van der Waals surface area contributed by atoms with Crippen molar-refractivity contribution in [2.24, 2.45) is 12.0 Å². The predicted octanol–water partition coefficient (Wildman–Crippen LogP) is 2.83. The van der Waals surface area contributed by atoms with Gasteiger partial charge in [-0.15, -0.1) is 24.0 Å². The zero-order valence-electron chi connectivity index (χ0n) is 14.5. The van der Waals surface area contributed by atoms with Crippen molar-refractivity contribution in [1.82, 2.24) is 20.4 Å². The molecule has 0 spiro atoms. The van der Waals surface area contributed by atoms with Gasteiger partial charge in [-0.3, -0.25) is 9.67 Å². The van der Waals surface area contributed by atoms with E-state index in [4.69, 9.17) is 0 Å². The summed E-state index contributed by atoms with van der Waals surface area (Å²) in [5.41, 5.74) is 6.02. The molecule has 0 aliphatic rings. The van der Waals surface area contributed by atoms with Gasteiger partial charge in [-0.25, -0.2) is 0 Å². The molecular formula is C17H26IN5. The zero-order valence-corrected chi connectivity index (χ0v) is 16.8. The van der Waals surface area contributed by atoms with E-state index in [0.717, 1.165) is 24.7 Å². The summed E-state index contributed by atoms with van der Waals surface area (Å²) in [7, 11) is 3.76. The van der Waals surface area contributed by atoms with E-state index < -0.39 is 0 Å². The number of aromatic nitrogens is 2. The van der Waals surface area contributed by atoms with E-state index in [0.29, 0.717) is 0 Å². The Balaban J connectivity index is 0.00000264. The van der Waals surface area contributed by atoms with E-state index >= 15 is 0 Å². The summed E-state index contributed by atoms with van der Waals surface area (Å²) in [6, 6.07) is 8.36. The van der Waals surface area contributed by atoms with Crippen LogP contribution in [0.1, 0.15) is 28.1 Å². The van der Waals surface area contributed by atoms with E-state index in [-0.39, 0.29) is 24.0 Å². The Morgan fingerprint density at radius 2 is 1.78 bits per heavy atom. The molecule has 1 heterocycles. The van der Waals surface area contributed by atoms with Crippen molar-refractivity contribution in [2.45, 2.75) is 33.9 Å². The Morgan fingerprint density at radius 3 is 2.35 bits per heavy atom. The van der Waals surface area contributed by atoms with Crippen molar-refractivity contribution in [2.75, 3.05) is 7.05 Å². The molecule has 0 aliphatic heterocycles. The fraction of sp³-hybridized carbons (Fsp3) is 0.412. The molecular weight excluding hydrogens is 401 g/mol. The lowest BCUT2D eigenvalue weighted by atomic mass is 10.1. The average molecular weight is 427 g/mol. The van der Waals surface area contributed by atoms with Crippen LogP contribution in [-0.2, 0) is 20.1 Å². The van der Waals surface area contributed by atoms with Crippen molar-refractivity contribution in [3.8, 4) is 0 Å². The third-order valence-electron chi connectivity index (χ3n) is 4.02. The van der Waals surface area contributed by atoms with Gasteiger partial charge in [0.15, 0.2) is 5.96 Å². The van der Waals surface area contributed by atoms with Gasteiger partial charge in [0.1, 0.15) is 0 Å². The number of hydrogen-bond donors (Lipinski definition) is 2. The van der Waals surface area contributed by atoms with Gasteiger partial charge < -0.3 is 10.6 Å². The first-order valence-electron chi connectivity index (χ1n) is 7.51. The van der Waals surface area contributed by atoms with E-state index in [9.17, 15) is 0 Å². The molecule has 1 aromatic carbocycles. The maximum absolute atomic E-state index is 4.44. The summed E-state index contributed by atoms with van der Waals surface area (Å²) < 4.78 is 1.91. The molecule has 0 saturated heterocycles. The first-order chi connectivity index (χ1) is 10.5. The molecule has 5 nitrogen and oxygen atoms in total. The Kier molecular flexibility index (Phi) is 7.54. The number of nitrogens with zero attached hydrogens (tertiary/aromatic N) is 3. The molecule has 0 saturated carbocycles. The third-order valence-corrected chi connectivity index (χ3v) is 4.02. The smallest absolute Gasteiger partial charge is 0.191 e. The van der Waals surface area contributed by atoms with Crippen LogP contribution in [0.5, 0.6) is 0 Å². The van der Waals surface area contributed by atoms with Crippen LogP contribution < -0.4 is 10.6 Å². The minimum absolute atomic E-state index is 0. The number of hydrogen-bond acceptors (Lipinski definition) is 2. The molecule has 23 heavy (non-hydrogen) atoms. The van der Waals surface area contributed by atoms with Crippen LogP contribution in [-0.4, -0.2) is 22.8 Å². The second-order valence-electron chi connectivity index (χ2n) is 5.48. The molecule has 2 rings (SSSR count). The third kappa shape index (κ3) is 4.95. The summed E-state index contributed by atoms with van der Waals surface area (Å²) >= 11 is 0. The Labute approximate surface area is 155 Å². The summed E-state index contributed by atoms with van der Waals surface area (Å²) in [6.45, 7) is 7.72. The maximum Gasteiger partial charge on any atom is 0.191 e. The molecule has 1 aromatic heterocycles. The number of benzene rings is 1. The van der Waals surface area contributed by atoms with Gasteiger partial charge in [0.25, 0.3) is 0 Å². The lowest BCUT2D eigenvalue weighted by Gasteiger charge is -2.13. The first kappa shape index (κ1) is 19.5. The largest absolute Gasteiger partial charge is 0.352 e. The molecule has 0 aliphatic carbocycles. The van der Waals surface area contributed by atoms with E-state index in [1.165, 1.54) is 22.4 Å². The number of nitrogens with one attached hydrogen (secondary N) is 2. The topological polar surface area (TPSA) is 54.2 Å². The van der Waals surface area contributed by atoms with Crippen molar-refractivity contribution in [1.29, 1.82) is 0 Å². The standard InChI is InChI=1S/C17H25N5.HI/c1-12-8-6-7-9-15(12)10-19-17(18-4)20-11-16-13(2)21-22(5)14(16)3;/h6-9H,10-11H2,1-5H3,(H2,18,19,20);1H. The lowest BCUT2D eigenvalue weighted by molar-refractivity contribution is 0.728. The molecule has 126 valence electrons. The second kappa shape index (κ2) is 8.90. The number of guanidine groups is 1. The van der Waals surface area contributed by atoms with Gasteiger partial charge in [0.2, 0.25) is 0 Å². The maximum atomic E-state index is 4.44. The molecule has 0 atom stereocenters. The average Bonchev–Trinajstić information content (AvgIpc) is 2.74. The SMILES string of the molecule is CN=C(NCc1ccccc1C)NCc1c(C)nn(C)c1C.I. The monoisotopic (exact) mass is 427 g/mol. The van der Waals surface area contributed by atoms with Gasteiger partial charge in [-0.05, 0) is 31.9 Å². The Morgan fingerprint density at radius 1 is 1.13 bits per heavy atom. The van der Waals surface area contributed by atoms with E-state index in [1.54, 1.807) is 7.05 Å². The highest BCUT2D eigenvalue weighted by atomic mass is 127. The van der Waals surface area contributed by atoms with Crippen LogP contribution >= 0.6 is 24.0 Å². The van der Waals surface area contributed by atoms with E-state index in [1.807, 2.05) is 18.7 Å². The van der Waals surface area contributed by atoms with Crippen LogP contribution in [0.25, 0.3) is 0 Å². The second-order valence-corrected chi connectivity index (χ2v) is 5.48. The van der Waals surface area contributed by atoms with Gasteiger partial charge in [0, 0.05) is 38.4 Å². The minimum atomic E-state index is 0. The van der Waals surface area contributed by atoms with Crippen LogP contribution in [0.3, 0.4) is 0 Å². The molecule has 0 amide bonds. The Bertz CT molecular complexity index is 676. The summed E-state index contributed by atoms with van der Waals surface area (Å²) in [5.74, 6) is 0.797. The van der Waals surface area contributed by atoms with Crippen molar-refractivity contribution in [3.05, 3.63) is 52.3 Å². The highest BCUT2D eigenvalue weighted by Crippen LogP contribution is 2.11. The summed E-state index contributed by atoms with van der Waals surface area (Å²) in [5, 5.41) is 11.1. The zero-order chi connectivity index (χ0) is 16.1. The molecule has 0 fully saturated rings. The summed E-state index contributed by atoms with van der Waals surface area (Å²) in [4.78, 5) is 4.28. The normalized spacial score (nSPS) is 11.1. The highest BCUT2D eigenvalue weighted by molar-refractivity contribution is 14.0. The Hall–Kier alpha value is -1.57. The molecule has 0 unspecified atom stereocenters. The molecule has 2 aromatic rings. The number of halogens is 1. The highest BCUT2D eigenvalue weighted by Gasteiger charge is 2.09.